The molecule has 1 aromatic carbocycles. The van der Waals surface area contributed by atoms with Crippen LogP contribution in [0.5, 0.6) is 0 Å². The number of halogens is 2. The predicted molar refractivity (Wildman–Crippen MR) is 64.4 cm³/mol. The maximum absolute atomic E-state index is 10.5. The minimum Gasteiger partial charge on any atom is -0.366 e. The molecule has 0 aliphatic carbocycles. The molecular weight excluding hydrogens is 257 g/mol. The highest BCUT2D eigenvalue weighted by Gasteiger charge is 1.95. The summed E-state index contributed by atoms with van der Waals surface area (Å²) in [6, 6.07) is 7.16. The lowest BCUT2D eigenvalue weighted by Crippen LogP contribution is -2.10. The number of hydrogen-bond acceptors (Lipinski definition) is 3. The number of carbonyl (C=O) groups is 2. The summed E-state index contributed by atoms with van der Waals surface area (Å²) in [5, 5.41) is 0. The standard InChI is InChI=1S/C8H9NO.CCl2OS/c1-6-2-4-7(5-3-6)8(9)10;2-1(4)5-3/h2-5H,1H3,(H2,9,10);. The number of aryl methyl sites for hydroxylation is 1. The lowest BCUT2D eigenvalue weighted by molar-refractivity contribution is 0.100. The van der Waals surface area contributed by atoms with Crippen LogP contribution in [0.15, 0.2) is 24.3 Å². The van der Waals surface area contributed by atoms with Crippen molar-refractivity contribution in [2.24, 2.45) is 5.73 Å². The van der Waals surface area contributed by atoms with Gasteiger partial charge in [0.15, 0.2) is 0 Å². The van der Waals surface area contributed by atoms with E-state index in [-0.39, 0.29) is 5.91 Å². The summed E-state index contributed by atoms with van der Waals surface area (Å²) in [5.74, 6) is -0.375. The van der Waals surface area contributed by atoms with E-state index in [4.69, 9.17) is 16.4 Å². The fourth-order valence-corrected chi connectivity index (χ4v) is 0.718. The SMILES string of the molecule is Cc1ccc(C(N)=O)cc1.O=C(Cl)SCl. The predicted octanol–water partition coefficient (Wildman–Crippen LogP) is 3.33. The quantitative estimate of drug-likeness (QED) is 0.793. The minimum atomic E-state index is -0.591. The fraction of sp³-hybridized carbons (Fsp3) is 0.111. The Morgan fingerprint density at radius 3 is 1.93 bits per heavy atom. The van der Waals surface area contributed by atoms with E-state index < -0.39 is 4.57 Å². The largest absolute Gasteiger partial charge is 0.366 e. The molecule has 0 bridgehead atoms. The van der Waals surface area contributed by atoms with Gasteiger partial charge in [0.25, 0.3) is 4.57 Å². The molecule has 0 unspecified atom stereocenters. The highest BCUT2D eigenvalue weighted by Crippen LogP contribution is 2.10. The molecule has 0 heterocycles. The van der Waals surface area contributed by atoms with Gasteiger partial charge in [-0.25, -0.2) is 0 Å². The Balaban J connectivity index is 0.000000336. The molecule has 0 spiro atoms. The van der Waals surface area contributed by atoms with E-state index in [1.165, 1.54) is 0 Å². The number of amides is 1. The monoisotopic (exact) mass is 265 g/mol. The molecule has 6 heteroatoms. The number of carbonyl (C=O) groups excluding carboxylic acids is 2. The van der Waals surface area contributed by atoms with Gasteiger partial charge in [-0.1, -0.05) is 17.7 Å². The molecule has 0 fully saturated rings. The third kappa shape index (κ3) is 7.25. The maximum Gasteiger partial charge on any atom is 0.294 e. The number of primary amides is 1. The second-order valence-electron chi connectivity index (χ2n) is 2.55. The average Bonchev–Trinajstić information content (AvgIpc) is 2.19. The minimum absolute atomic E-state index is 0.375. The average molecular weight is 266 g/mol. The van der Waals surface area contributed by atoms with Crippen LogP contribution < -0.4 is 5.73 Å². The van der Waals surface area contributed by atoms with Crippen LogP contribution in [-0.4, -0.2) is 10.5 Å². The molecule has 1 aromatic rings. The first kappa shape index (κ1) is 14.3. The van der Waals surface area contributed by atoms with Crippen molar-refractivity contribution in [3.05, 3.63) is 35.4 Å². The van der Waals surface area contributed by atoms with Crippen LogP contribution in [0.1, 0.15) is 15.9 Å². The summed E-state index contributed by atoms with van der Waals surface area (Å²) in [6.07, 6.45) is 0. The second-order valence-corrected chi connectivity index (χ2v) is 4.10. The molecule has 0 aromatic heterocycles. The number of nitrogens with two attached hydrogens (primary N) is 1. The van der Waals surface area contributed by atoms with Gasteiger partial charge in [-0.15, -0.1) is 0 Å². The molecular formula is C9H9Cl2NO2S. The number of rotatable bonds is 1. The van der Waals surface area contributed by atoms with E-state index in [0.717, 1.165) is 5.56 Å². The number of hydrogen-bond donors (Lipinski definition) is 1. The van der Waals surface area contributed by atoms with Gasteiger partial charge >= 0.3 is 0 Å². The van der Waals surface area contributed by atoms with Crippen LogP contribution in [0.3, 0.4) is 0 Å². The zero-order chi connectivity index (χ0) is 11.8. The second kappa shape index (κ2) is 7.56. The third-order valence-corrected chi connectivity index (χ3v) is 2.41. The molecule has 2 N–H and O–H groups in total. The van der Waals surface area contributed by atoms with Gasteiger partial charge in [-0.05, 0) is 41.3 Å². The molecule has 1 amide bonds. The van der Waals surface area contributed by atoms with Crippen LogP contribution in [0, 0.1) is 6.92 Å². The number of benzene rings is 1. The van der Waals surface area contributed by atoms with Crippen molar-refractivity contribution in [2.45, 2.75) is 6.92 Å². The van der Waals surface area contributed by atoms with Crippen LogP contribution in [0.25, 0.3) is 0 Å². The molecule has 0 radical (unpaired) electrons. The van der Waals surface area contributed by atoms with E-state index in [1.54, 1.807) is 12.1 Å². The lowest BCUT2D eigenvalue weighted by Gasteiger charge is -1.93. The highest BCUT2D eigenvalue weighted by molar-refractivity contribution is 8.34. The Bertz CT molecular complexity index is 340. The third-order valence-electron chi connectivity index (χ3n) is 1.40. The first-order chi connectivity index (χ1) is 6.97. The Labute approximate surface area is 101 Å². The first-order valence-electron chi connectivity index (χ1n) is 3.82. The summed E-state index contributed by atoms with van der Waals surface area (Å²) in [5.41, 5.74) is 6.72. The molecule has 0 saturated carbocycles. The van der Waals surface area contributed by atoms with Crippen molar-refractivity contribution in [3.8, 4) is 0 Å². The molecule has 0 aliphatic rings. The van der Waals surface area contributed by atoms with Crippen molar-refractivity contribution >= 4 is 43.7 Å². The molecule has 0 saturated heterocycles. The lowest BCUT2D eigenvalue weighted by atomic mass is 10.1. The van der Waals surface area contributed by atoms with Gasteiger partial charge in [0, 0.05) is 16.5 Å². The van der Waals surface area contributed by atoms with Gasteiger partial charge < -0.3 is 5.73 Å². The smallest absolute Gasteiger partial charge is 0.294 e. The van der Waals surface area contributed by atoms with E-state index in [0.29, 0.717) is 16.5 Å². The fourth-order valence-electron chi connectivity index (χ4n) is 0.718. The van der Waals surface area contributed by atoms with Crippen LogP contribution >= 0.6 is 33.3 Å². The van der Waals surface area contributed by atoms with Crippen molar-refractivity contribution in [1.29, 1.82) is 0 Å². The summed E-state index contributed by atoms with van der Waals surface area (Å²) < 4.78 is -0.591. The Kier molecular flexibility index (Phi) is 7.21. The van der Waals surface area contributed by atoms with E-state index in [1.807, 2.05) is 19.1 Å². The molecule has 15 heavy (non-hydrogen) atoms. The Morgan fingerprint density at radius 2 is 1.67 bits per heavy atom. The highest BCUT2D eigenvalue weighted by atomic mass is 35.7. The molecule has 82 valence electrons. The molecule has 3 nitrogen and oxygen atoms in total. The van der Waals surface area contributed by atoms with Crippen LogP contribution in [-0.2, 0) is 0 Å². The van der Waals surface area contributed by atoms with E-state index >= 15 is 0 Å². The Morgan fingerprint density at radius 1 is 1.27 bits per heavy atom. The molecule has 0 atom stereocenters. The van der Waals surface area contributed by atoms with Gasteiger partial charge in [0.1, 0.15) is 0 Å². The summed E-state index contributed by atoms with van der Waals surface area (Å²) >= 11 is 4.65. The van der Waals surface area contributed by atoms with Gasteiger partial charge in [-0.3, -0.25) is 9.59 Å². The zero-order valence-corrected chi connectivity index (χ0v) is 10.2. The zero-order valence-electron chi connectivity index (χ0n) is 7.87. The maximum atomic E-state index is 10.5. The van der Waals surface area contributed by atoms with Crippen molar-refractivity contribution < 1.29 is 9.59 Å². The summed E-state index contributed by atoms with van der Waals surface area (Å²) in [6.45, 7) is 1.96. The van der Waals surface area contributed by atoms with Crippen molar-refractivity contribution in [1.82, 2.24) is 0 Å². The van der Waals surface area contributed by atoms with E-state index in [2.05, 4.69) is 11.6 Å². The van der Waals surface area contributed by atoms with E-state index in [9.17, 15) is 9.59 Å². The van der Waals surface area contributed by atoms with Gasteiger partial charge in [0.05, 0.1) is 0 Å². The summed E-state index contributed by atoms with van der Waals surface area (Å²) in [7, 11) is 5.25. The molecule has 1 rings (SSSR count). The van der Waals surface area contributed by atoms with Gasteiger partial charge in [-0.2, -0.15) is 0 Å². The normalized spacial score (nSPS) is 8.73. The summed E-state index contributed by atoms with van der Waals surface area (Å²) in [4.78, 5) is 19.9. The van der Waals surface area contributed by atoms with Crippen molar-refractivity contribution in [3.63, 3.8) is 0 Å². The van der Waals surface area contributed by atoms with Crippen molar-refractivity contribution in [2.75, 3.05) is 0 Å². The van der Waals surface area contributed by atoms with Crippen LogP contribution in [0.4, 0.5) is 4.79 Å². The molecule has 0 aliphatic heterocycles. The van der Waals surface area contributed by atoms with Gasteiger partial charge in [0.2, 0.25) is 5.91 Å². The topological polar surface area (TPSA) is 60.2 Å². The Hall–Kier alpha value is -0.710. The first-order valence-corrected chi connectivity index (χ1v) is 5.84. The van der Waals surface area contributed by atoms with Crippen LogP contribution in [0.2, 0.25) is 0 Å².